The lowest BCUT2D eigenvalue weighted by atomic mass is 9.31. The zero-order valence-corrected chi connectivity index (χ0v) is 52.5. The van der Waals surface area contributed by atoms with Crippen molar-refractivity contribution in [2.75, 3.05) is 0 Å². The molecule has 4 heterocycles. The van der Waals surface area contributed by atoms with Gasteiger partial charge in [-0.25, -0.2) is 0 Å². The van der Waals surface area contributed by atoms with Gasteiger partial charge in [0.05, 0.1) is 0 Å². The number of rotatable bonds is 2. The minimum atomic E-state index is -0.194. The quantitative estimate of drug-likeness (QED) is 0.127. The fourth-order valence-electron chi connectivity index (χ4n) is 15.2. The second kappa shape index (κ2) is 16.8. The maximum atomic E-state index is 7.13. The highest BCUT2D eigenvalue weighted by molar-refractivity contribution is 7.01. The van der Waals surface area contributed by atoms with Gasteiger partial charge in [0.1, 0.15) is 23.0 Å². The molecular formula is C78H80B2O2. The van der Waals surface area contributed by atoms with E-state index in [-0.39, 0.29) is 45.9 Å². The van der Waals surface area contributed by atoms with E-state index in [0.29, 0.717) is 0 Å². The molecule has 0 aromatic heterocycles. The van der Waals surface area contributed by atoms with Crippen LogP contribution in [-0.2, 0) is 32.5 Å². The summed E-state index contributed by atoms with van der Waals surface area (Å²) < 4.78 is 14.3. The van der Waals surface area contributed by atoms with Gasteiger partial charge in [-0.05, 0) is 226 Å². The van der Waals surface area contributed by atoms with Crippen LogP contribution in [0.25, 0.3) is 76.8 Å². The molecule has 4 heteroatoms. The predicted molar refractivity (Wildman–Crippen MR) is 356 cm³/mol. The van der Waals surface area contributed by atoms with E-state index in [1.807, 2.05) is 0 Å². The molecule has 0 saturated heterocycles. The van der Waals surface area contributed by atoms with E-state index in [9.17, 15) is 0 Å². The highest BCUT2D eigenvalue weighted by Crippen LogP contribution is 2.55. The minimum Gasteiger partial charge on any atom is -0.458 e. The number of ether oxygens (including phenoxy) is 2. The predicted octanol–water partition coefficient (Wildman–Crippen LogP) is 17.5. The van der Waals surface area contributed by atoms with E-state index in [0.717, 1.165) is 23.0 Å². The van der Waals surface area contributed by atoms with Crippen molar-refractivity contribution < 1.29 is 9.47 Å². The van der Waals surface area contributed by atoms with Gasteiger partial charge in [0, 0.05) is 0 Å². The molecule has 0 atom stereocenters. The molecule has 0 saturated carbocycles. The lowest BCUT2D eigenvalue weighted by Crippen LogP contribution is -2.58. The topological polar surface area (TPSA) is 18.5 Å². The Bertz CT molecular complexity index is 4110. The Morgan fingerprint density at radius 2 is 0.622 bits per heavy atom. The zero-order chi connectivity index (χ0) is 58.2. The fraction of sp³-hybridized carbons (Fsp3) is 0.333. The molecule has 410 valence electrons. The maximum Gasteiger partial charge on any atom is 0.252 e. The van der Waals surface area contributed by atoms with Crippen molar-refractivity contribution >= 4 is 78.5 Å². The lowest BCUT2D eigenvalue weighted by Gasteiger charge is -2.39. The van der Waals surface area contributed by atoms with E-state index in [1.165, 1.54) is 154 Å². The van der Waals surface area contributed by atoms with Crippen LogP contribution in [0.2, 0.25) is 0 Å². The summed E-state index contributed by atoms with van der Waals surface area (Å²) in [5, 5.41) is 8.12. The Kier molecular flexibility index (Phi) is 10.9. The summed E-state index contributed by atoms with van der Waals surface area (Å²) in [5.74, 6) is 3.81. The first-order valence-corrected chi connectivity index (χ1v) is 30.4. The van der Waals surface area contributed by atoms with Crippen LogP contribution in [0.5, 0.6) is 23.0 Å². The molecule has 0 amide bonds. The van der Waals surface area contributed by atoms with Gasteiger partial charge < -0.3 is 9.47 Å². The number of fused-ring (bicyclic) bond motifs is 8. The van der Waals surface area contributed by atoms with Crippen molar-refractivity contribution in [3.8, 4) is 67.5 Å². The number of hydrogen-bond donors (Lipinski definition) is 0. The standard InChI is InChI=1S/C78H80B2O2/c1-41-29-51-47-37-45(65-53(75(9,10)11)33-43(73(3,4)5)34-54(65)76(12,13)14)49-40-60-68-48(52-30-42(2)32-64-72(52)80(60)58-26-22-24-28-62(58)82-64)38-46(66-55(77(15,16)17)35-44(74(6,7)8)36-56(66)78(18,19)20)50-39-59(67(47)69(49)70(50)68)79-57-25-21-23-27-61(57)81-63(31-41)71(51)79/h21-40H,1-20H3. The van der Waals surface area contributed by atoms with E-state index in [4.69, 9.17) is 9.47 Å². The molecule has 0 aliphatic carbocycles. The summed E-state index contributed by atoms with van der Waals surface area (Å²) in [4.78, 5) is 0. The maximum absolute atomic E-state index is 7.13. The van der Waals surface area contributed by atoms with E-state index in [2.05, 4.69) is 260 Å². The average molecular weight is 1070 g/mol. The third-order valence-electron chi connectivity index (χ3n) is 19.2. The number of aryl methyl sites for hydroxylation is 2. The third kappa shape index (κ3) is 7.60. The number of hydrogen-bond acceptors (Lipinski definition) is 2. The van der Waals surface area contributed by atoms with Crippen LogP contribution in [-0.4, -0.2) is 13.4 Å². The van der Waals surface area contributed by atoms with E-state index >= 15 is 0 Å². The molecule has 4 aliphatic heterocycles. The van der Waals surface area contributed by atoms with Gasteiger partial charge in [-0.2, -0.15) is 0 Å². The van der Waals surface area contributed by atoms with Gasteiger partial charge in [0.2, 0.25) is 0 Å². The second-order valence-electron chi connectivity index (χ2n) is 31.5. The summed E-state index contributed by atoms with van der Waals surface area (Å²) in [6, 6.07) is 48.4. The molecule has 2 nitrogen and oxygen atoms in total. The first kappa shape index (κ1) is 53.0. The first-order valence-electron chi connectivity index (χ1n) is 30.4. The molecule has 0 bridgehead atoms. The van der Waals surface area contributed by atoms with Crippen molar-refractivity contribution in [2.45, 2.75) is 171 Å². The van der Waals surface area contributed by atoms with Gasteiger partial charge in [0.25, 0.3) is 13.4 Å². The molecule has 0 fully saturated rings. The van der Waals surface area contributed by atoms with Gasteiger partial charge in [-0.3, -0.25) is 0 Å². The molecule has 0 radical (unpaired) electrons. The van der Waals surface area contributed by atoms with Crippen LogP contribution >= 0.6 is 0 Å². The van der Waals surface area contributed by atoms with Gasteiger partial charge in [-0.15, -0.1) is 0 Å². The second-order valence-corrected chi connectivity index (χ2v) is 31.5. The number of benzene rings is 10. The summed E-state index contributed by atoms with van der Waals surface area (Å²) in [7, 11) is 0. The van der Waals surface area contributed by atoms with Crippen LogP contribution in [0.15, 0.2) is 121 Å². The Balaban J connectivity index is 1.31. The van der Waals surface area contributed by atoms with Crippen LogP contribution in [0, 0.1) is 13.8 Å². The summed E-state index contributed by atoms with van der Waals surface area (Å²) in [6.07, 6.45) is 0. The van der Waals surface area contributed by atoms with Crippen molar-refractivity contribution in [1.29, 1.82) is 0 Å². The smallest absolute Gasteiger partial charge is 0.252 e. The Morgan fingerprint density at radius 1 is 0.293 bits per heavy atom. The normalized spacial score (nSPS) is 14.5. The van der Waals surface area contributed by atoms with Crippen molar-refractivity contribution in [2.24, 2.45) is 0 Å². The zero-order valence-electron chi connectivity index (χ0n) is 52.5. The van der Waals surface area contributed by atoms with Crippen LogP contribution in [0.4, 0.5) is 0 Å². The van der Waals surface area contributed by atoms with Crippen LogP contribution in [0.3, 0.4) is 0 Å². The Labute approximate surface area is 489 Å². The molecule has 10 aromatic carbocycles. The van der Waals surface area contributed by atoms with Gasteiger partial charge >= 0.3 is 0 Å². The minimum absolute atomic E-state index is 0.0532. The highest BCUT2D eigenvalue weighted by Gasteiger charge is 2.46. The van der Waals surface area contributed by atoms with Crippen molar-refractivity contribution in [3.05, 3.63) is 166 Å². The molecule has 82 heavy (non-hydrogen) atoms. The Morgan fingerprint density at radius 3 is 0.939 bits per heavy atom. The van der Waals surface area contributed by atoms with Gasteiger partial charge in [0.15, 0.2) is 0 Å². The molecular weight excluding hydrogens is 990 g/mol. The third-order valence-corrected chi connectivity index (χ3v) is 19.2. The molecule has 0 unspecified atom stereocenters. The molecule has 10 aromatic rings. The molecule has 4 aliphatic rings. The molecule has 14 rings (SSSR count). The molecule has 0 N–H and O–H groups in total. The van der Waals surface area contributed by atoms with Crippen molar-refractivity contribution in [3.63, 3.8) is 0 Å². The van der Waals surface area contributed by atoms with E-state index < -0.39 is 0 Å². The van der Waals surface area contributed by atoms with Crippen molar-refractivity contribution in [1.82, 2.24) is 0 Å². The number of para-hydroxylation sites is 2. The highest BCUT2D eigenvalue weighted by atomic mass is 16.5. The van der Waals surface area contributed by atoms with Crippen LogP contribution in [0.1, 0.15) is 169 Å². The fourth-order valence-corrected chi connectivity index (χ4v) is 15.2. The van der Waals surface area contributed by atoms with Crippen LogP contribution < -0.4 is 42.3 Å². The molecule has 0 spiro atoms. The SMILES string of the molecule is Cc1cc2c3c(c1)-c1cc(-c4c(C(C)(C)C)cc(C(C)(C)C)cc4C(C)(C)C)c4cc5c6c(cc(-c7c(C(C)(C)C)cc(C(C)(C)C)cc7C(C)(C)C)c7cc(c1c4c76)B3c1ccccc1O2)-c1cc(C)cc2c1B5c1ccccc1O2. The van der Waals surface area contributed by atoms with E-state index in [1.54, 1.807) is 0 Å². The average Bonchev–Trinajstić information content (AvgIpc) is 1.76. The summed E-state index contributed by atoms with van der Waals surface area (Å²) in [6.45, 7) is 47.9. The lowest BCUT2D eigenvalue weighted by molar-refractivity contribution is 0.487. The summed E-state index contributed by atoms with van der Waals surface area (Å²) >= 11 is 0. The monoisotopic (exact) mass is 1070 g/mol. The summed E-state index contributed by atoms with van der Waals surface area (Å²) in [5.41, 5.74) is 28.0. The first-order chi connectivity index (χ1) is 38.3. The Hall–Kier alpha value is -7.03. The van der Waals surface area contributed by atoms with Gasteiger partial charge in [-0.1, -0.05) is 220 Å². The largest absolute Gasteiger partial charge is 0.458 e.